The van der Waals surface area contributed by atoms with Crippen molar-refractivity contribution in [3.63, 3.8) is 0 Å². The molecular weight excluding hydrogens is 519 g/mol. The van der Waals surface area contributed by atoms with Gasteiger partial charge in [-0.25, -0.2) is 0 Å². The number of rotatable bonds is 4. The van der Waals surface area contributed by atoms with Crippen LogP contribution < -0.4 is 15.9 Å². The molecule has 8 rings (SSSR count). The van der Waals surface area contributed by atoms with Crippen molar-refractivity contribution >= 4 is 66.5 Å². The van der Waals surface area contributed by atoms with Crippen molar-refractivity contribution in [3.05, 3.63) is 152 Å². The standard InChI is InChI=1S/C38H25O2P/c39-41(28-11-3-1-4-12-28,29-13-5-2-6-14-29)30-22-19-26(20-23-30)27-21-24-36-35(25-27)37-33-17-9-7-15-31(33)32-16-8-10-18-34(32)38(37)40-36/h1-25H. The van der Waals surface area contributed by atoms with E-state index in [0.29, 0.717) is 0 Å². The number of fused-ring (bicyclic) bond motifs is 8. The minimum Gasteiger partial charge on any atom is -0.455 e. The van der Waals surface area contributed by atoms with Gasteiger partial charge in [0.15, 0.2) is 7.14 Å². The van der Waals surface area contributed by atoms with Gasteiger partial charge in [0, 0.05) is 32.1 Å². The molecule has 0 N–H and O–H groups in total. The molecule has 1 aromatic heterocycles. The monoisotopic (exact) mass is 544 g/mol. The van der Waals surface area contributed by atoms with Gasteiger partial charge in [-0.05, 0) is 39.4 Å². The number of hydrogen-bond donors (Lipinski definition) is 0. The van der Waals surface area contributed by atoms with Crippen LogP contribution >= 0.6 is 7.14 Å². The van der Waals surface area contributed by atoms with Gasteiger partial charge >= 0.3 is 0 Å². The fraction of sp³-hybridized carbons (Fsp3) is 0. The Labute approximate surface area is 237 Å². The lowest BCUT2D eigenvalue weighted by Crippen LogP contribution is -2.24. The third kappa shape index (κ3) is 3.69. The van der Waals surface area contributed by atoms with E-state index in [1.807, 2.05) is 72.8 Å². The quantitative estimate of drug-likeness (QED) is 0.163. The van der Waals surface area contributed by atoms with Crippen molar-refractivity contribution in [2.45, 2.75) is 0 Å². The SMILES string of the molecule is O=P(c1ccccc1)(c1ccccc1)c1ccc(-c2ccc3oc4c5ccccc5c5ccccc5c4c3c2)cc1. The average molecular weight is 545 g/mol. The van der Waals surface area contributed by atoms with Crippen molar-refractivity contribution in [1.82, 2.24) is 0 Å². The third-order valence-corrected chi connectivity index (χ3v) is 11.2. The Morgan fingerprint density at radius 3 is 1.54 bits per heavy atom. The first kappa shape index (κ1) is 23.9. The second kappa shape index (κ2) is 9.34. The molecule has 3 heteroatoms. The Morgan fingerprint density at radius 2 is 0.902 bits per heavy atom. The normalized spacial score (nSPS) is 12.0. The Kier molecular flexibility index (Phi) is 5.45. The van der Waals surface area contributed by atoms with Gasteiger partial charge in [0.05, 0.1) is 0 Å². The van der Waals surface area contributed by atoms with E-state index in [4.69, 9.17) is 4.42 Å². The zero-order valence-electron chi connectivity index (χ0n) is 22.2. The zero-order valence-corrected chi connectivity index (χ0v) is 23.1. The lowest BCUT2D eigenvalue weighted by molar-refractivity contribution is 0.592. The molecule has 0 saturated carbocycles. The number of benzene rings is 7. The van der Waals surface area contributed by atoms with Gasteiger partial charge in [0.2, 0.25) is 0 Å². The van der Waals surface area contributed by atoms with Crippen LogP contribution in [0.1, 0.15) is 0 Å². The molecule has 0 aliphatic rings. The summed E-state index contributed by atoms with van der Waals surface area (Å²) in [6, 6.07) is 51.3. The van der Waals surface area contributed by atoms with E-state index < -0.39 is 7.14 Å². The summed E-state index contributed by atoms with van der Waals surface area (Å²) in [7, 11) is -3.02. The maximum atomic E-state index is 14.8. The van der Waals surface area contributed by atoms with Crippen LogP contribution in [0.4, 0.5) is 0 Å². The van der Waals surface area contributed by atoms with Crippen LogP contribution in [0, 0.1) is 0 Å². The molecule has 0 radical (unpaired) electrons. The molecule has 194 valence electrons. The summed E-state index contributed by atoms with van der Waals surface area (Å²) in [6.45, 7) is 0. The third-order valence-electron chi connectivity index (χ3n) is 8.15. The Balaban J connectivity index is 1.30. The van der Waals surface area contributed by atoms with E-state index in [0.717, 1.165) is 54.4 Å². The van der Waals surface area contributed by atoms with Gasteiger partial charge in [0.25, 0.3) is 0 Å². The second-order valence-corrected chi connectivity index (χ2v) is 13.2. The van der Waals surface area contributed by atoms with Gasteiger partial charge in [-0.2, -0.15) is 0 Å². The van der Waals surface area contributed by atoms with E-state index in [1.165, 1.54) is 16.2 Å². The fourth-order valence-corrected chi connectivity index (χ4v) is 8.82. The van der Waals surface area contributed by atoms with Crippen molar-refractivity contribution < 1.29 is 8.98 Å². The molecule has 41 heavy (non-hydrogen) atoms. The number of furan rings is 1. The number of hydrogen-bond acceptors (Lipinski definition) is 2. The van der Waals surface area contributed by atoms with Crippen molar-refractivity contribution in [2.24, 2.45) is 0 Å². The van der Waals surface area contributed by atoms with Crippen molar-refractivity contribution in [2.75, 3.05) is 0 Å². The summed E-state index contributed by atoms with van der Waals surface area (Å²) in [6.07, 6.45) is 0. The predicted octanol–water partition coefficient (Wildman–Crippen LogP) is 9.20. The summed E-state index contributed by atoms with van der Waals surface area (Å²) in [5.41, 5.74) is 3.97. The second-order valence-electron chi connectivity index (χ2n) is 10.4. The van der Waals surface area contributed by atoms with Crippen LogP contribution in [0.25, 0.3) is 54.6 Å². The molecule has 0 fully saturated rings. The highest BCUT2D eigenvalue weighted by atomic mass is 31.2. The highest BCUT2D eigenvalue weighted by molar-refractivity contribution is 7.85. The van der Waals surface area contributed by atoms with Gasteiger partial charge in [-0.15, -0.1) is 0 Å². The first-order valence-corrected chi connectivity index (χ1v) is 15.5. The molecule has 0 spiro atoms. The van der Waals surface area contributed by atoms with Crippen LogP contribution in [0.3, 0.4) is 0 Å². The van der Waals surface area contributed by atoms with E-state index in [9.17, 15) is 4.57 Å². The van der Waals surface area contributed by atoms with E-state index in [1.54, 1.807) is 0 Å². The van der Waals surface area contributed by atoms with Gasteiger partial charge in [-0.1, -0.05) is 140 Å². The van der Waals surface area contributed by atoms with Crippen molar-refractivity contribution in [3.8, 4) is 11.1 Å². The fourth-order valence-electron chi connectivity index (χ4n) is 6.17. The molecule has 0 unspecified atom stereocenters. The minimum absolute atomic E-state index is 0.825. The molecule has 0 amide bonds. The van der Waals surface area contributed by atoms with E-state index in [-0.39, 0.29) is 0 Å². The first-order valence-electron chi connectivity index (χ1n) is 13.8. The van der Waals surface area contributed by atoms with Gasteiger partial charge < -0.3 is 8.98 Å². The van der Waals surface area contributed by atoms with Crippen LogP contribution in [0.5, 0.6) is 0 Å². The van der Waals surface area contributed by atoms with Crippen molar-refractivity contribution in [1.29, 1.82) is 0 Å². The van der Waals surface area contributed by atoms with E-state index in [2.05, 4.69) is 78.9 Å². The smallest absolute Gasteiger partial charge is 0.171 e. The summed E-state index contributed by atoms with van der Waals surface area (Å²) < 4.78 is 21.3. The van der Waals surface area contributed by atoms with Crippen LogP contribution in [-0.4, -0.2) is 0 Å². The maximum Gasteiger partial charge on any atom is 0.171 e. The molecular formula is C38H25O2P. The summed E-state index contributed by atoms with van der Waals surface area (Å²) in [4.78, 5) is 0. The highest BCUT2D eigenvalue weighted by Gasteiger charge is 2.29. The largest absolute Gasteiger partial charge is 0.455 e. The minimum atomic E-state index is -3.02. The van der Waals surface area contributed by atoms with Crippen LogP contribution in [0.2, 0.25) is 0 Å². The summed E-state index contributed by atoms with van der Waals surface area (Å²) in [5, 5.41) is 9.49. The molecule has 0 atom stereocenters. The Hall–Kier alpha value is -4.91. The molecule has 8 aromatic rings. The topological polar surface area (TPSA) is 30.2 Å². The summed E-state index contributed by atoms with van der Waals surface area (Å²) in [5.74, 6) is 0. The Bertz CT molecular complexity index is 2220. The molecule has 0 bridgehead atoms. The molecule has 2 nitrogen and oxygen atoms in total. The highest BCUT2D eigenvalue weighted by Crippen LogP contribution is 2.44. The molecule has 0 aliphatic carbocycles. The molecule has 0 saturated heterocycles. The van der Waals surface area contributed by atoms with Gasteiger partial charge in [-0.3, -0.25) is 0 Å². The lowest BCUT2D eigenvalue weighted by Gasteiger charge is -2.20. The maximum absolute atomic E-state index is 14.8. The van der Waals surface area contributed by atoms with Gasteiger partial charge in [0.1, 0.15) is 11.2 Å². The van der Waals surface area contributed by atoms with E-state index >= 15 is 0 Å². The predicted molar refractivity (Wildman–Crippen MR) is 174 cm³/mol. The average Bonchev–Trinajstić information content (AvgIpc) is 3.45. The molecule has 7 aromatic carbocycles. The summed E-state index contributed by atoms with van der Waals surface area (Å²) >= 11 is 0. The molecule has 1 heterocycles. The van der Waals surface area contributed by atoms with Crippen LogP contribution in [0.15, 0.2) is 156 Å². The lowest BCUT2D eigenvalue weighted by atomic mass is 9.96. The zero-order chi connectivity index (χ0) is 27.4. The van der Waals surface area contributed by atoms with Crippen LogP contribution in [-0.2, 0) is 4.57 Å². The molecule has 0 aliphatic heterocycles. The Morgan fingerprint density at radius 1 is 0.415 bits per heavy atom. The first-order chi connectivity index (χ1) is 20.2.